The molecule has 1 aromatic heterocycles. The number of hydrogen-bond acceptors (Lipinski definition) is 4. The monoisotopic (exact) mass is 251 g/mol. The number of hydrogen-bond donors (Lipinski definition) is 1. The highest BCUT2D eigenvalue weighted by Crippen LogP contribution is 2.21. The summed E-state index contributed by atoms with van der Waals surface area (Å²) in [7, 11) is 0. The van der Waals surface area contributed by atoms with Crippen molar-refractivity contribution < 1.29 is 0 Å². The number of aromatic nitrogens is 3. The number of nitrogens with zero attached hydrogens (tertiary/aromatic N) is 4. The standard InChI is InChI=1S/C14H13N5/c15-9-12-3-1-11(2-4-12)7-14(16)5-6-19-13(8-14)17-10-18-19/h1-6,10H,7-8,16H2. The number of fused-ring (bicyclic) bond motifs is 1. The lowest BCUT2D eigenvalue weighted by Gasteiger charge is -2.28. The minimum atomic E-state index is -0.447. The second kappa shape index (κ2) is 4.34. The van der Waals surface area contributed by atoms with E-state index in [1.54, 1.807) is 4.68 Å². The number of nitrogens with two attached hydrogens (primary N) is 1. The van der Waals surface area contributed by atoms with E-state index < -0.39 is 5.54 Å². The third-order valence-electron chi connectivity index (χ3n) is 3.30. The molecule has 0 amide bonds. The Morgan fingerprint density at radius 3 is 2.89 bits per heavy atom. The molecule has 2 N–H and O–H groups in total. The van der Waals surface area contributed by atoms with E-state index in [-0.39, 0.29) is 0 Å². The van der Waals surface area contributed by atoms with Crippen molar-refractivity contribution >= 4 is 6.20 Å². The Bertz CT molecular complexity index is 662. The Morgan fingerprint density at radius 2 is 2.16 bits per heavy atom. The van der Waals surface area contributed by atoms with Gasteiger partial charge in [-0.1, -0.05) is 12.1 Å². The van der Waals surface area contributed by atoms with Crippen LogP contribution < -0.4 is 5.73 Å². The second-order valence-corrected chi connectivity index (χ2v) is 4.83. The summed E-state index contributed by atoms with van der Waals surface area (Å²) in [6.45, 7) is 0. The summed E-state index contributed by atoms with van der Waals surface area (Å²) < 4.78 is 1.74. The molecule has 0 radical (unpaired) electrons. The van der Waals surface area contributed by atoms with Gasteiger partial charge in [0.05, 0.1) is 11.6 Å². The van der Waals surface area contributed by atoms with Gasteiger partial charge in [-0.05, 0) is 30.2 Å². The van der Waals surface area contributed by atoms with Crippen LogP contribution in [0.3, 0.4) is 0 Å². The lowest BCUT2D eigenvalue weighted by Crippen LogP contribution is -2.44. The van der Waals surface area contributed by atoms with Gasteiger partial charge in [0, 0.05) is 18.2 Å². The van der Waals surface area contributed by atoms with Crippen molar-refractivity contribution in [2.45, 2.75) is 18.4 Å². The van der Waals surface area contributed by atoms with Crippen LogP contribution >= 0.6 is 0 Å². The molecule has 0 aliphatic carbocycles. The Hall–Kier alpha value is -2.45. The highest BCUT2D eigenvalue weighted by Gasteiger charge is 2.28. The molecule has 0 saturated carbocycles. The first-order chi connectivity index (χ1) is 9.18. The summed E-state index contributed by atoms with van der Waals surface area (Å²) in [5, 5.41) is 12.9. The number of benzene rings is 1. The molecule has 19 heavy (non-hydrogen) atoms. The molecule has 3 rings (SSSR count). The van der Waals surface area contributed by atoms with Gasteiger partial charge in [-0.3, -0.25) is 0 Å². The zero-order valence-corrected chi connectivity index (χ0v) is 10.3. The molecular weight excluding hydrogens is 238 g/mol. The fourth-order valence-electron chi connectivity index (χ4n) is 2.30. The van der Waals surface area contributed by atoms with Gasteiger partial charge in [0.15, 0.2) is 0 Å². The summed E-state index contributed by atoms with van der Waals surface area (Å²) in [6.07, 6.45) is 6.72. The van der Waals surface area contributed by atoms with Crippen LogP contribution in [0.5, 0.6) is 0 Å². The Balaban J connectivity index is 1.81. The van der Waals surface area contributed by atoms with Gasteiger partial charge in [-0.25, -0.2) is 9.67 Å². The van der Waals surface area contributed by atoms with Crippen molar-refractivity contribution in [3.8, 4) is 6.07 Å². The van der Waals surface area contributed by atoms with Crippen molar-refractivity contribution in [3.63, 3.8) is 0 Å². The zero-order valence-electron chi connectivity index (χ0n) is 10.3. The molecule has 0 fully saturated rings. The minimum Gasteiger partial charge on any atom is -0.321 e. The molecule has 2 heterocycles. The van der Waals surface area contributed by atoms with Gasteiger partial charge in [0.2, 0.25) is 0 Å². The molecule has 1 aliphatic heterocycles. The maximum absolute atomic E-state index is 8.78. The Morgan fingerprint density at radius 1 is 1.37 bits per heavy atom. The van der Waals surface area contributed by atoms with Gasteiger partial charge in [0.25, 0.3) is 0 Å². The van der Waals surface area contributed by atoms with Crippen LogP contribution in [0.4, 0.5) is 0 Å². The van der Waals surface area contributed by atoms with Crippen LogP contribution in [0.2, 0.25) is 0 Å². The van der Waals surface area contributed by atoms with Crippen LogP contribution in [-0.2, 0) is 12.8 Å². The molecule has 1 aliphatic rings. The fraction of sp³-hybridized carbons (Fsp3) is 0.214. The molecule has 0 bridgehead atoms. The van der Waals surface area contributed by atoms with Crippen molar-refractivity contribution in [2.24, 2.45) is 5.73 Å². The van der Waals surface area contributed by atoms with E-state index in [1.807, 2.05) is 36.5 Å². The van der Waals surface area contributed by atoms with E-state index in [2.05, 4.69) is 16.2 Å². The lowest BCUT2D eigenvalue weighted by molar-refractivity contribution is 0.491. The average molecular weight is 251 g/mol. The minimum absolute atomic E-state index is 0.447. The van der Waals surface area contributed by atoms with E-state index in [9.17, 15) is 0 Å². The maximum Gasteiger partial charge on any atom is 0.138 e. The Labute approximate surface area is 111 Å². The lowest BCUT2D eigenvalue weighted by atomic mass is 9.87. The number of nitriles is 1. The zero-order chi connectivity index (χ0) is 13.3. The molecule has 1 atom stereocenters. The van der Waals surface area contributed by atoms with Crippen LogP contribution in [0, 0.1) is 11.3 Å². The normalized spacial score (nSPS) is 20.8. The van der Waals surface area contributed by atoms with E-state index in [1.165, 1.54) is 6.33 Å². The molecule has 94 valence electrons. The summed E-state index contributed by atoms with van der Waals surface area (Å²) in [5.41, 5.74) is 7.73. The SMILES string of the molecule is N#Cc1ccc(CC2(N)C=Cn3ncnc3C2)cc1. The molecule has 5 heteroatoms. The molecule has 2 aromatic rings. The summed E-state index contributed by atoms with van der Waals surface area (Å²) in [5.74, 6) is 0.874. The quantitative estimate of drug-likeness (QED) is 0.867. The van der Waals surface area contributed by atoms with Gasteiger partial charge >= 0.3 is 0 Å². The summed E-state index contributed by atoms with van der Waals surface area (Å²) in [4.78, 5) is 4.20. The summed E-state index contributed by atoms with van der Waals surface area (Å²) in [6, 6.07) is 9.63. The van der Waals surface area contributed by atoms with Crippen molar-refractivity contribution in [1.82, 2.24) is 14.8 Å². The molecule has 0 saturated heterocycles. The van der Waals surface area contributed by atoms with Crippen LogP contribution in [0.15, 0.2) is 36.7 Å². The predicted molar refractivity (Wildman–Crippen MR) is 70.8 cm³/mol. The number of rotatable bonds is 2. The highest BCUT2D eigenvalue weighted by atomic mass is 15.3. The van der Waals surface area contributed by atoms with E-state index >= 15 is 0 Å². The second-order valence-electron chi connectivity index (χ2n) is 4.83. The van der Waals surface area contributed by atoms with E-state index in [0.717, 1.165) is 11.4 Å². The molecule has 1 aromatic carbocycles. The first-order valence-electron chi connectivity index (χ1n) is 6.04. The maximum atomic E-state index is 8.78. The van der Waals surface area contributed by atoms with Crippen LogP contribution in [-0.4, -0.2) is 20.3 Å². The predicted octanol–water partition coefficient (Wildman–Crippen LogP) is 1.12. The van der Waals surface area contributed by atoms with E-state index in [0.29, 0.717) is 18.4 Å². The first-order valence-corrected chi connectivity index (χ1v) is 6.04. The third kappa shape index (κ3) is 2.26. The highest BCUT2D eigenvalue weighted by molar-refractivity contribution is 5.37. The van der Waals surface area contributed by atoms with Gasteiger partial charge in [-0.15, -0.1) is 0 Å². The van der Waals surface area contributed by atoms with Crippen molar-refractivity contribution in [1.29, 1.82) is 5.26 Å². The topological polar surface area (TPSA) is 80.5 Å². The van der Waals surface area contributed by atoms with Gasteiger partial charge < -0.3 is 5.73 Å². The first kappa shape index (κ1) is 11.6. The van der Waals surface area contributed by atoms with Gasteiger partial charge in [0.1, 0.15) is 12.2 Å². The Kier molecular flexibility index (Phi) is 2.65. The smallest absolute Gasteiger partial charge is 0.138 e. The van der Waals surface area contributed by atoms with Crippen molar-refractivity contribution in [3.05, 3.63) is 53.6 Å². The van der Waals surface area contributed by atoms with Crippen LogP contribution in [0.1, 0.15) is 17.0 Å². The van der Waals surface area contributed by atoms with Crippen LogP contribution in [0.25, 0.3) is 6.20 Å². The van der Waals surface area contributed by atoms with Crippen molar-refractivity contribution in [2.75, 3.05) is 0 Å². The fourth-order valence-corrected chi connectivity index (χ4v) is 2.30. The third-order valence-corrected chi connectivity index (χ3v) is 3.30. The molecule has 0 spiro atoms. The average Bonchev–Trinajstić information content (AvgIpc) is 2.86. The van der Waals surface area contributed by atoms with E-state index in [4.69, 9.17) is 11.0 Å². The molecule has 5 nitrogen and oxygen atoms in total. The largest absolute Gasteiger partial charge is 0.321 e. The molecular formula is C14H13N5. The summed E-state index contributed by atoms with van der Waals surface area (Å²) >= 11 is 0. The van der Waals surface area contributed by atoms with Gasteiger partial charge in [-0.2, -0.15) is 10.4 Å². The molecule has 1 unspecified atom stereocenters.